The zero-order valence-corrected chi connectivity index (χ0v) is 17.8. The van der Waals surface area contributed by atoms with Crippen LogP contribution in [0.5, 0.6) is 0 Å². The summed E-state index contributed by atoms with van der Waals surface area (Å²) in [5.74, 6) is -0.139. The lowest BCUT2D eigenvalue weighted by atomic mass is 10.1. The quantitative estimate of drug-likeness (QED) is 0.764. The maximum absolute atomic E-state index is 12.9. The Morgan fingerprint density at radius 1 is 1.17 bits per heavy atom. The molecule has 1 unspecified atom stereocenters. The number of sulfonamides is 2. The predicted molar refractivity (Wildman–Crippen MR) is 111 cm³/mol. The summed E-state index contributed by atoms with van der Waals surface area (Å²) in [5, 5.41) is 5.18. The largest absolute Gasteiger partial charge is 0.335 e. The van der Waals surface area contributed by atoms with Crippen molar-refractivity contribution in [3.8, 4) is 0 Å². The molecule has 0 aliphatic carbocycles. The van der Waals surface area contributed by atoms with Crippen LogP contribution in [-0.2, 0) is 20.0 Å². The zero-order valence-electron chi connectivity index (χ0n) is 16.1. The molecule has 1 fully saturated rings. The van der Waals surface area contributed by atoms with E-state index in [0.29, 0.717) is 29.8 Å². The van der Waals surface area contributed by atoms with Crippen LogP contribution in [0.2, 0.25) is 0 Å². The van der Waals surface area contributed by atoms with Crippen molar-refractivity contribution in [1.82, 2.24) is 4.90 Å². The van der Waals surface area contributed by atoms with Gasteiger partial charge in [-0.1, -0.05) is 12.1 Å². The lowest BCUT2D eigenvalue weighted by molar-refractivity contribution is 0.0742. The van der Waals surface area contributed by atoms with E-state index in [4.69, 9.17) is 5.14 Å². The fraction of sp³-hybridized carbons (Fsp3) is 0.316. The van der Waals surface area contributed by atoms with Gasteiger partial charge in [-0.2, -0.15) is 0 Å². The summed E-state index contributed by atoms with van der Waals surface area (Å²) in [5.41, 5.74) is 1.57. The molecule has 0 bridgehead atoms. The molecule has 1 aliphatic heterocycles. The molecule has 0 saturated carbocycles. The van der Waals surface area contributed by atoms with Gasteiger partial charge in [0, 0.05) is 19.2 Å². The highest BCUT2D eigenvalue weighted by Gasteiger charge is 2.28. The lowest BCUT2D eigenvalue weighted by Gasteiger charge is -2.26. The SMILES string of the molecule is CC(c1cccc(S(N)(=O)=O)c1)N(C)C(=O)c1ccc(N2CCCS2(=O)=O)cc1. The Bertz CT molecular complexity index is 1130. The molecule has 0 radical (unpaired) electrons. The van der Waals surface area contributed by atoms with Gasteiger partial charge in [-0.05, 0) is 55.3 Å². The average molecular weight is 438 g/mol. The number of nitrogens with zero attached hydrogens (tertiary/aromatic N) is 2. The summed E-state index contributed by atoms with van der Waals surface area (Å²) < 4.78 is 48.6. The Morgan fingerprint density at radius 3 is 2.38 bits per heavy atom. The number of hydrogen-bond acceptors (Lipinski definition) is 5. The normalized spacial score (nSPS) is 17.1. The smallest absolute Gasteiger partial charge is 0.254 e. The number of hydrogen-bond donors (Lipinski definition) is 1. The first-order valence-electron chi connectivity index (χ1n) is 9.01. The molecule has 1 aliphatic rings. The number of rotatable bonds is 5. The molecule has 1 heterocycles. The van der Waals surface area contributed by atoms with Crippen molar-refractivity contribution in [3.63, 3.8) is 0 Å². The van der Waals surface area contributed by atoms with Crippen molar-refractivity contribution in [2.75, 3.05) is 23.7 Å². The van der Waals surface area contributed by atoms with Crippen LogP contribution < -0.4 is 9.44 Å². The van der Waals surface area contributed by atoms with Gasteiger partial charge >= 0.3 is 0 Å². The topological polar surface area (TPSA) is 118 Å². The highest BCUT2D eigenvalue weighted by atomic mass is 32.2. The Hall–Kier alpha value is -2.43. The number of anilines is 1. The minimum Gasteiger partial charge on any atom is -0.335 e. The molecular formula is C19H23N3O5S2. The van der Waals surface area contributed by atoms with Crippen LogP contribution in [0.3, 0.4) is 0 Å². The second-order valence-electron chi connectivity index (χ2n) is 7.00. The van der Waals surface area contributed by atoms with Crippen LogP contribution in [-0.4, -0.2) is 47.0 Å². The minimum absolute atomic E-state index is 0.0149. The van der Waals surface area contributed by atoms with Crippen molar-refractivity contribution < 1.29 is 21.6 Å². The standard InChI is InChI=1S/C19H23N3O5S2/c1-14(16-5-3-6-18(13-16)29(20,26)27)21(2)19(23)15-7-9-17(10-8-15)22-11-4-12-28(22,24)25/h3,5-10,13-14H,4,11-12H2,1-2H3,(H2,20,26,27). The molecule has 1 amide bonds. The first-order chi connectivity index (χ1) is 13.5. The second kappa shape index (κ2) is 7.77. The van der Waals surface area contributed by atoms with Gasteiger partial charge in [0.15, 0.2) is 0 Å². The third kappa shape index (κ3) is 4.44. The highest BCUT2D eigenvalue weighted by molar-refractivity contribution is 7.93. The summed E-state index contributed by atoms with van der Waals surface area (Å²) in [4.78, 5) is 14.3. The van der Waals surface area contributed by atoms with E-state index in [1.807, 2.05) is 0 Å². The molecule has 0 aromatic heterocycles. The van der Waals surface area contributed by atoms with Crippen LogP contribution in [0, 0.1) is 0 Å². The van der Waals surface area contributed by atoms with E-state index in [0.717, 1.165) is 0 Å². The van der Waals surface area contributed by atoms with E-state index in [1.54, 1.807) is 50.4 Å². The minimum atomic E-state index is -3.84. The van der Waals surface area contributed by atoms with Crippen LogP contribution in [0.25, 0.3) is 0 Å². The highest BCUT2D eigenvalue weighted by Crippen LogP contribution is 2.26. The number of benzene rings is 2. The Morgan fingerprint density at radius 2 is 1.83 bits per heavy atom. The van der Waals surface area contributed by atoms with Gasteiger partial charge in [0.1, 0.15) is 0 Å². The van der Waals surface area contributed by atoms with Crippen molar-refractivity contribution >= 4 is 31.6 Å². The van der Waals surface area contributed by atoms with E-state index in [9.17, 15) is 21.6 Å². The monoisotopic (exact) mass is 437 g/mol. The van der Waals surface area contributed by atoms with Gasteiger partial charge in [0.05, 0.1) is 22.4 Å². The van der Waals surface area contributed by atoms with E-state index >= 15 is 0 Å². The number of amides is 1. The maximum Gasteiger partial charge on any atom is 0.254 e. The molecular weight excluding hydrogens is 414 g/mol. The van der Waals surface area contributed by atoms with Crippen molar-refractivity contribution in [2.24, 2.45) is 5.14 Å². The summed E-state index contributed by atoms with van der Waals surface area (Å²) in [7, 11) is -5.49. The fourth-order valence-electron chi connectivity index (χ4n) is 3.25. The van der Waals surface area contributed by atoms with Gasteiger partial charge < -0.3 is 4.90 Å². The van der Waals surface area contributed by atoms with Gasteiger partial charge in [-0.25, -0.2) is 22.0 Å². The zero-order chi connectivity index (χ0) is 21.4. The van der Waals surface area contributed by atoms with Crippen LogP contribution in [0.1, 0.15) is 35.3 Å². The van der Waals surface area contributed by atoms with Crippen molar-refractivity contribution in [3.05, 3.63) is 59.7 Å². The number of carbonyl (C=O) groups excluding carboxylic acids is 1. The summed E-state index contributed by atoms with van der Waals surface area (Å²) in [6, 6.07) is 12.2. The van der Waals surface area contributed by atoms with Crippen molar-refractivity contribution in [2.45, 2.75) is 24.3 Å². The van der Waals surface area contributed by atoms with Gasteiger partial charge in [-0.3, -0.25) is 9.10 Å². The van der Waals surface area contributed by atoms with E-state index in [-0.39, 0.29) is 16.6 Å². The van der Waals surface area contributed by atoms with Crippen LogP contribution in [0.15, 0.2) is 53.4 Å². The molecule has 2 N–H and O–H groups in total. The molecule has 8 nitrogen and oxygen atoms in total. The summed E-state index contributed by atoms with van der Waals surface area (Å²) in [6.45, 7) is 2.22. The number of nitrogens with two attached hydrogens (primary N) is 1. The van der Waals surface area contributed by atoms with Crippen LogP contribution >= 0.6 is 0 Å². The first kappa shape index (κ1) is 21.3. The van der Waals surface area contributed by atoms with Gasteiger partial charge in [-0.15, -0.1) is 0 Å². The first-order valence-corrected chi connectivity index (χ1v) is 12.2. The van der Waals surface area contributed by atoms with Crippen LogP contribution in [0.4, 0.5) is 5.69 Å². The fourth-order valence-corrected chi connectivity index (χ4v) is 5.39. The molecule has 1 atom stereocenters. The summed E-state index contributed by atoms with van der Waals surface area (Å²) >= 11 is 0. The predicted octanol–water partition coefficient (Wildman–Crippen LogP) is 1.71. The Labute approximate surface area is 171 Å². The maximum atomic E-state index is 12.9. The number of carbonyl (C=O) groups is 1. The van der Waals surface area contributed by atoms with Gasteiger partial charge in [0.2, 0.25) is 20.0 Å². The van der Waals surface area contributed by atoms with E-state index < -0.39 is 26.1 Å². The molecule has 29 heavy (non-hydrogen) atoms. The van der Waals surface area contributed by atoms with E-state index in [2.05, 4.69) is 0 Å². The average Bonchev–Trinajstić information content (AvgIpc) is 3.05. The Kier molecular flexibility index (Phi) is 5.70. The second-order valence-corrected chi connectivity index (χ2v) is 10.6. The molecule has 2 aromatic carbocycles. The van der Waals surface area contributed by atoms with E-state index in [1.165, 1.54) is 21.3 Å². The molecule has 2 aromatic rings. The molecule has 3 rings (SSSR count). The molecule has 156 valence electrons. The third-order valence-electron chi connectivity index (χ3n) is 5.07. The van der Waals surface area contributed by atoms with Crippen molar-refractivity contribution in [1.29, 1.82) is 0 Å². The third-order valence-corrected chi connectivity index (χ3v) is 7.85. The number of primary sulfonamides is 1. The molecule has 10 heteroatoms. The summed E-state index contributed by atoms with van der Waals surface area (Å²) in [6.07, 6.45) is 0.584. The Balaban J connectivity index is 1.79. The molecule has 1 saturated heterocycles. The molecule has 0 spiro atoms. The lowest BCUT2D eigenvalue weighted by Crippen LogP contribution is -2.30. The van der Waals surface area contributed by atoms with Gasteiger partial charge in [0.25, 0.3) is 5.91 Å².